The number of benzene rings is 1. The topological polar surface area (TPSA) is 12.9 Å². The Labute approximate surface area is 90.2 Å². The van der Waals surface area contributed by atoms with Crippen LogP contribution in [-0.2, 0) is 0 Å². The van der Waals surface area contributed by atoms with Gasteiger partial charge >= 0.3 is 0 Å². The van der Waals surface area contributed by atoms with E-state index in [1.165, 1.54) is 5.46 Å². The highest BCUT2D eigenvalue weighted by Gasteiger charge is 1.82. The Morgan fingerprint density at radius 3 is 1.79 bits per heavy atom. The Hall–Kier alpha value is -1.28. The number of halogens is 1. The first kappa shape index (κ1) is 10.8. The molecule has 0 spiro atoms. The molecule has 1 aromatic heterocycles. The zero-order chi connectivity index (χ0) is 10.2. The first-order valence-electron chi connectivity index (χ1n) is 4.36. The van der Waals surface area contributed by atoms with Crippen LogP contribution in [0.5, 0.6) is 0 Å². The second-order valence-corrected chi connectivity index (χ2v) is 3.26. The molecule has 2 aromatic rings. The van der Waals surface area contributed by atoms with Crippen LogP contribution in [0.2, 0.25) is 5.02 Å². The van der Waals surface area contributed by atoms with E-state index in [0.29, 0.717) is 0 Å². The SMILES string of the molecule is Bc1ccc(Cl)cc1.c1ccncc1. The van der Waals surface area contributed by atoms with E-state index in [-0.39, 0.29) is 0 Å². The Kier molecular flexibility index (Phi) is 4.80. The van der Waals surface area contributed by atoms with Gasteiger partial charge in [-0.15, -0.1) is 0 Å². The second kappa shape index (κ2) is 6.22. The molecule has 0 N–H and O–H groups in total. The lowest BCUT2D eigenvalue weighted by Crippen LogP contribution is -1.97. The van der Waals surface area contributed by atoms with Gasteiger partial charge in [0.2, 0.25) is 0 Å². The largest absolute Gasteiger partial charge is 0.265 e. The Bertz CT molecular complexity index is 300. The van der Waals surface area contributed by atoms with Crippen LogP contribution in [0.3, 0.4) is 0 Å². The smallest absolute Gasteiger partial charge is 0.139 e. The number of hydrogen-bond acceptors (Lipinski definition) is 1. The number of hydrogen-bond donors (Lipinski definition) is 0. The van der Waals surface area contributed by atoms with Gasteiger partial charge in [-0.25, -0.2) is 0 Å². The zero-order valence-corrected chi connectivity index (χ0v) is 8.78. The van der Waals surface area contributed by atoms with Gasteiger partial charge in [-0.1, -0.05) is 35.3 Å². The van der Waals surface area contributed by atoms with Gasteiger partial charge < -0.3 is 0 Å². The van der Waals surface area contributed by atoms with Crippen molar-refractivity contribution in [3.8, 4) is 0 Å². The first-order valence-corrected chi connectivity index (χ1v) is 4.74. The van der Waals surface area contributed by atoms with Gasteiger partial charge in [0.15, 0.2) is 0 Å². The van der Waals surface area contributed by atoms with Crippen molar-refractivity contribution in [3.05, 3.63) is 59.9 Å². The lowest BCUT2D eigenvalue weighted by Gasteiger charge is -1.88. The molecule has 2 rings (SSSR count). The summed E-state index contributed by atoms with van der Waals surface area (Å²) in [5.41, 5.74) is 1.24. The third-order valence-corrected chi connectivity index (χ3v) is 1.83. The lowest BCUT2D eigenvalue weighted by atomic mass is 9.97. The minimum Gasteiger partial charge on any atom is -0.265 e. The summed E-state index contributed by atoms with van der Waals surface area (Å²) in [7, 11) is 2.04. The summed E-state index contributed by atoms with van der Waals surface area (Å²) >= 11 is 5.61. The molecule has 0 atom stereocenters. The molecule has 0 aliphatic carbocycles. The van der Waals surface area contributed by atoms with Crippen molar-refractivity contribution in [2.24, 2.45) is 0 Å². The van der Waals surface area contributed by atoms with E-state index >= 15 is 0 Å². The van der Waals surface area contributed by atoms with Gasteiger partial charge in [0, 0.05) is 17.4 Å². The monoisotopic (exact) mass is 203 g/mol. The van der Waals surface area contributed by atoms with E-state index in [9.17, 15) is 0 Å². The Balaban J connectivity index is 0.000000146. The molecule has 3 heteroatoms. The zero-order valence-electron chi connectivity index (χ0n) is 8.02. The third kappa shape index (κ3) is 4.68. The van der Waals surface area contributed by atoms with E-state index in [1.54, 1.807) is 12.4 Å². The van der Waals surface area contributed by atoms with Crippen LogP contribution >= 0.6 is 11.6 Å². The molecule has 0 bridgehead atoms. The summed E-state index contributed by atoms with van der Waals surface area (Å²) in [5.74, 6) is 0. The van der Waals surface area contributed by atoms with Crippen molar-refractivity contribution < 1.29 is 0 Å². The van der Waals surface area contributed by atoms with E-state index in [4.69, 9.17) is 11.6 Å². The van der Waals surface area contributed by atoms with Gasteiger partial charge in [0.05, 0.1) is 0 Å². The molecule has 0 amide bonds. The summed E-state index contributed by atoms with van der Waals surface area (Å²) in [5, 5.41) is 0.801. The van der Waals surface area contributed by atoms with Gasteiger partial charge in [0.25, 0.3) is 0 Å². The molecule has 70 valence electrons. The maximum Gasteiger partial charge on any atom is 0.139 e. The Morgan fingerprint density at radius 2 is 1.50 bits per heavy atom. The number of pyridine rings is 1. The lowest BCUT2D eigenvalue weighted by molar-refractivity contribution is 1.33. The minimum atomic E-state index is 0.801. The van der Waals surface area contributed by atoms with Gasteiger partial charge in [-0.2, -0.15) is 0 Å². The minimum absolute atomic E-state index is 0.801. The molecule has 0 unspecified atom stereocenters. The van der Waals surface area contributed by atoms with Crippen molar-refractivity contribution in [2.75, 3.05) is 0 Å². The quantitative estimate of drug-likeness (QED) is 0.594. The van der Waals surface area contributed by atoms with Crippen LogP contribution in [0, 0.1) is 0 Å². The van der Waals surface area contributed by atoms with Crippen molar-refractivity contribution in [3.63, 3.8) is 0 Å². The maximum atomic E-state index is 5.61. The molecule has 14 heavy (non-hydrogen) atoms. The van der Waals surface area contributed by atoms with Gasteiger partial charge in [0.1, 0.15) is 7.85 Å². The van der Waals surface area contributed by atoms with Crippen LogP contribution in [-0.4, -0.2) is 12.8 Å². The van der Waals surface area contributed by atoms with Crippen LogP contribution in [0.25, 0.3) is 0 Å². The van der Waals surface area contributed by atoms with Gasteiger partial charge in [-0.05, 0) is 24.3 Å². The van der Waals surface area contributed by atoms with E-state index < -0.39 is 0 Å². The van der Waals surface area contributed by atoms with Crippen molar-refractivity contribution in [1.29, 1.82) is 0 Å². The van der Waals surface area contributed by atoms with Crippen LogP contribution < -0.4 is 5.46 Å². The second-order valence-electron chi connectivity index (χ2n) is 2.82. The molecule has 0 radical (unpaired) electrons. The summed E-state index contributed by atoms with van der Waals surface area (Å²) in [4.78, 5) is 3.78. The van der Waals surface area contributed by atoms with E-state index in [0.717, 1.165) is 5.02 Å². The molecule has 0 aliphatic rings. The highest BCUT2D eigenvalue weighted by Crippen LogP contribution is 2.02. The van der Waals surface area contributed by atoms with Gasteiger partial charge in [-0.3, -0.25) is 4.98 Å². The maximum absolute atomic E-state index is 5.61. The standard InChI is InChI=1S/C6H6BCl.C5H5N/c7-5-1-3-6(8)4-2-5;1-2-4-6-5-3-1/h1-4H,7H2;1-5H. The van der Waals surface area contributed by atoms with Crippen LogP contribution in [0.1, 0.15) is 0 Å². The fourth-order valence-corrected chi connectivity index (χ4v) is 0.972. The first-order chi connectivity index (χ1) is 6.79. The fraction of sp³-hybridized carbons (Fsp3) is 0. The predicted octanol–water partition coefficient (Wildman–Crippen LogP) is 1.68. The molecule has 0 aliphatic heterocycles. The van der Waals surface area contributed by atoms with Crippen molar-refractivity contribution >= 4 is 24.9 Å². The summed E-state index contributed by atoms with van der Waals surface area (Å²) < 4.78 is 0. The third-order valence-electron chi connectivity index (χ3n) is 1.58. The fourth-order valence-electron chi connectivity index (χ4n) is 0.846. The van der Waals surface area contributed by atoms with Crippen LogP contribution in [0.15, 0.2) is 54.9 Å². The molecular weight excluding hydrogens is 192 g/mol. The molecule has 1 nitrogen and oxygen atoms in total. The van der Waals surface area contributed by atoms with E-state index in [2.05, 4.69) is 4.98 Å². The molecule has 0 saturated carbocycles. The highest BCUT2D eigenvalue weighted by molar-refractivity contribution is 6.34. The average molecular weight is 203 g/mol. The normalized spacial score (nSPS) is 8.64. The average Bonchev–Trinajstić information content (AvgIpc) is 2.26. The molecule has 1 heterocycles. The Morgan fingerprint density at radius 1 is 0.929 bits per heavy atom. The molecule has 0 fully saturated rings. The van der Waals surface area contributed by atoms with Crippen molar-refractivity contribution in [1.82, 2.24) is 4.98 Å². The molecule has 0 saturated heterocycles. The summed E-state index contributed by atoms with van der Waals surface area (Å²) in [6.07, 6.45) is 3.50. The number of aromatic nitrogens is 1. The predicted molar refractivity (Wildman–Crippen MR) is 63.9 cm³/mol. The highest BCUT2D eigenvalue weighted by atomic mass is 35.5. The van der Waals surface area contributed by atoms with Crippen molar-refractivity contribution in [2.45, 2.75) is 0 Å². The molecule has 1 aromatic carbocycles. The summed E-state index contributed by atoms with van der Waals surface area (Å²) in [6.45, 7) is 0. The number of rotatable bonds is 0. The molecular formula is C11H11BClN. The summed E-state index contributed by atoms with van der Waals surface area (Å²) in [6, 6.07) is 13.5. The number of nitrogens with zero attached hydrogens (tertiary/aromatic N) is 1. The van der Waals surface area contributed by atoms with Crippen LogP contribution in [0.4, 0.5) is 0 Å². The van der Waals surface area contributed by atoms with E-state index in [1.807, 2.05) is 50.3 Å².